The maximum atomic E-state index is 14.7. The number of thioether (sulfide) groups is 1. The molecule has 31 N–H and O–H groups in total. The minimum Gasteiger partial charge on any atom is -0.508 e. The Hall–Kier alpha value is -12.9. The Kier molecular flexibility index (Phi) is 53.1. The van der Waals surface area contributed by atoms with Gasteiger partial charge < -0.3 is 153 Å². The zero-order valence-corrected chi connectivity index (χ0v) is 84.8. The molecule has 802 valence electrons. The number of nitrogens with zero attached hydrogens (tertiary/aromatic N) is 1. The molecule has 0 bridgehead atoms. The number of rotatable bonds is 63. The summed E-state index contributed by atoms with van der Waals surface area (Å²) < 4.78 is 0. The Balaban J connectivity index is 1.39. The number of hydrogen-bond donors (Lipinski definition) is 29. The smallest absolute Gasteiger partial charge is 0.325 e. The van der Waals surface area contributed by atoms with Crippen molar-refractivity contribution in [1.82, 2.24) is 106 Å². The fraction of sp³-hybridized carbons (Fsp3) is 0.620. The van der Waals surface area contributed by atoms with Crippen LogP contribution in [0.25, 0.3) is 10.9 Å². The van der Waals surface area contributed by atoms with Crippen LogP contribution < -0.4 is 113 Å². The number of primary amides is 1. The largest absolute Gasteiger partial charge is 0.508 e. The normalized spacial score (nSPS) is 16.5. The molecule has 0 aliphatic carbocycles. The van der Waals surface area contributed by atoms with E-state index in [0.29, 0.717) is 34.2 Å². The van der Waals surface area contributed by atoms with Gasteiger partial charge in [-0.2, -0.15) is 24.4 Å². The lowest BCUT2D eigenvalue weighted by molar-refractivity contribution is -0.143. The number of likely N-dealkylation sites (tertiary alicyclic amines) is 1. The maximum Gasteiger partial charge on any atom is 0.325 e. The fourth-order valence-corrected chi connectivity index (χ4v) is 15.5. The molecule has 1 aliphatic heterocycles. The number of unbranched alkanes of at least 4 members (excludes halogenated alkanes) is 1. The van der Waals surface area contributed by atoms with Gasteiger partial charge in [-0.05, 0) is 144 Å². The summed E-state index contributed by atoms with van der Waals surface area (Å²) >= 11 is 5.42. The van der Waals surface area contributed by atoms with Crippen LogP contribution in [0.2, 0.25) is 0 Å². The average Bonchev–Trinajstić information content (AvgIpc) is 1.66. The first-order valence-electron chi connectivity index (χ1n) is 47.5. The van der Waals surface area contributed by atoms with Crippen LogP contribution in [0.4, 0.5) is 0 Å². The third-order valence-electron chi connectivity index (χ3n) is 23.7. The van der Waals surface area contributed by atoms with Crippen LogP contribution in [0.15, 0.2) is 54.7 Å². The summed E-state index contributed by atoms with van der Waals surface area (Å²) in [6.45, 7) is 13.1. The molecule has 3 aromatic rings. The van der Waals surface area contributed by atoms with Crippen LogP contribution in [0.5, 0.6) is 5.75 Å². The highest BCUT2D eigenvalue weighted by Gasteiger charge is 2.44. The highest BCUT2D eigenvalue weighted by molar-refractivity contribution is 7.98. The van der Waals surface area contributed by atoms with Crippen LogP contribution in [0.3, 0.4) is 0 Å². The van der Waals surface area contributed by atoms with E-state index < -0.39 is 296 Å². The summed E-state index contributed by atoms with van der Waals surface area (Å²) in [7, 11) is 0. The van der Waals surface area contributed by atoms with E-state index in [9.17, 15) is 131 Å². The number of nitrogens with one attached hydrogen (secondary N) is 19. The summed E-state index contributed by atoms with van der Waals surface area (Å²) in [6.07, 6.45) is 0.146. The number of phenols is 1. The first-order valence-corrected chi connectivity index (χ1v) is 49.6. The van der Waals surface area contributed by atoms with E-state index in [1.165, 1.54) is 75.5 Å². The van der Waals surface area contributed by atoms with Crippen molar-refractivity contribution < 1.29 is 131 Å². The van der Waals surface area contributed by atoms with Crippen molar-refractivity contribution in [3.63, 3.8) is 0 Å². The molecule has 1 saturated heterocycles. The number of carbonyl (C=O) groups excluding carboxylic acids is 20. The van der Waals surface area contributed by atoms with Gasteiger partial charge in [0.1, 0.15) is 102 Å². The van der Waals surface area contributed by atoms with Crippen molar-refractivity contribution in [3.8, 4) is 5.75 Å². The molecular weight excluding hydrogens is 1920 g/mol. The Morgan fingerprint density at radius 3 is 1.44 bits per heavy atom. The number of aliphatic hydroxyl groups excluding tert-OH is 4. The average molecular weight is 2070 g/mol. The molecule has 144 heavy (non-hydrogen) atoms. The van der Waals surface area contributed by atoms with Crippen LogP contribution in [-0.4, -0.2) is 343 Å². The van der Waals surface area contributed by atoms with Gasteiger partial charge in [-0.1, -0.05) is 98.6 Å². The second kappa shape index (κ2) is 61.9. The minimum atomic E-state index is -1.98. The number of carbonyl (C=O) groups is 21. The number of carboxylic acids is 1. The topological polar surface area (TPSA) is 793 Å². The number of aromatic amines is 1. The Bertz CT molecular complexity index is 4900. The fourth-order valence-electron chi connectivity index (χ4n) is 14.9. The number of phenolic OH excluding ortho intramolecular Hbond substituents is 1. The quantitative estimate of drug-likeness (QED) is 0.0184. The third-order valence-corrected chi connectivity index (χ3v) is 24.7. The summed E-state index contributed by atoms with van der Waals surface area (Å²) in [5.74, 6) is -23.4. The van der Waals surface area contributed by atoms with E-state index in [2.05, 4.69) is 113 Å². The molecule has 52 heteroatoms. The number of hydrogen-bond acceptors (Lipinski definition) is 30. The molecule has 0 saturated carbocycles. The van der Waals surface area contributed by atoms with Crippen LogP contribution in [-0.2, 0) is 114 Å². The second-order valence-corrected chi connectivity index (χ2v) is 37.5. The van der Waals surface area contributed by atoms with Gasteiger partial charge in [-0.15, -0.1) is 0 Å². The highest BCUT2D eigenvalue weighted by atomic mass is 32.2. The van der Waals surface area contributed by atoms with Gasteiger partial charge in [0, 0.05) is 42.2 Å². The molecule has 50 nitrogen and oxygen atoms in total. The first-order chi connectivity index (χ1) is 67.9. The summed E-state index contributed by atoms with van der Waals surface area (Å²) in [5.41, 5.74) is 18.7. The summed E-state index contributed by atoms with van der Waals surface area (Å²) in [6, 6.07) is -13.2. The van der Waals surface area contributed by atoms with Gasteiger partial charge in [0.25, 0.3) is 0 Å². The van der Waals surface area contributed by atoms with E-state index in [1.54, 1.807) is 78.3 Å². The SMILES string of the molecule is CC[C@H](C)[C@H](NC(=O)[C@H](C)NC(=O)[C@H](CC(C)C)NC(=O)CNC(=O)[C@@H](NC(=O)[C@H](CO)NC(=O)[C@H](Cc1ccc(O)cc1)NC(=O)[C@@H]1CCCN1C(=O)[C@H](CCCCN)NC(=O)[C@@H](NC(=O)[C@H](CCSC)NC(=O)[C@@H](N)CS)[C@@H](C)O)[C@@H](C)CC)C(=O)NCC(=O)N[C@H](C(=O)N[C@@H](CC(N)=O)C(=O)N[C@@H](CO)C(=O)N[C@H](C(=O)NCC(=O)N[C@@H](Cc1c[nH]c2ccccc12)C(=O)N[C@@H](C)C(=O)O)C(C)C)[C@@H](C)O. The number of benzene rings is 2. The number of nitrogens with two attached hydrogens (primary N) is 3. The third kappa shape index (κ3) is 40.4. The number of fused-ring (bicyclic) bond motifs is 1. The number of aromatic nitrogens is 1. The van der Waals surface area contributed by atoms with E-state index >= 15 is 0 Å². The predicted octanol–water partition coefficient (Wildman–Crippen LogP) is -8.05. The van der Waals surface area contributed by atoms with Crippen LogP contribution in [0.1, 0.15) is 158 Å². The van der Waals surface area contributed by atoms with E-state index in [4.69, 9.17) is 17.2 Å². The first kappa shape index (κ1) is 123. The molecule has 2 aromatic carbocycles. The number of aliphatic carboxylic acids is 1. The van der Waals surface area contributed by atoms with Crippen LogP contribution in [0, 0.1) is 23.7 Å². The molecule has 0 spiro atoms. The maximum absolute atomic E-state index is 14.7. The standard InChI is InChI=1S/C92H145N23O27S2/c1-14-46(7)72(87(136)99-40-70(124)110-74(50(11)118)89(138)107-63(36-67(95)121)82(131)109-64(41-116)83(132)111-71(45(5)6)86(135)97-38-69(123)103-62(80(129)101-49(10)92(141)142)35-53-37-96-57-22-17-16-21-55(53)57)112-76(125)48(9)100-79(128)60(33-44(3)4)102-68(122)39-98-88(137)73(47(8)15-2)113-84(133)65(42-117)108-81(130)61(34-52-25-27-54(120)28-26-52)106-85(134)66-24-20-31-115(66)91(140)59(23-18-19-30-93)105-90(139)75(51(12)119)114-78(127)58(29-32-144-13)104-77(126)56(94)43-143/h16-17,21-22,25-28,37,44-51,56,58-66,71-75,96,116-120,143H,14-15,18-20,23-24,29-36,38-43,93-94H2,1-13H3,(H2,95,121)(H,97,135)(H,98,137)(H,99,136)(H,100,128)(H,101,129)(H,102,122)(H,103,123)(H,104,126)(H,105,139)(H,106,134)(H,107,138)(H,108,130)(H,109,131)(H,110,124)(H,111,132)(H,112,125)(H,113,133)(H,114,127)(H,141,142)/t46-,47-,48-,49-,50+,51+,56-,58-,59-,60-,61-,62-,63-,64-,65-,66-,71-,72-,73-,74-,75-/m0/s1. The number of aromatic hydroxyl groups is 1. The van der Waals surface area contributed by atoms with Crippen molar-refractivity contribution >= 4 is 159 Å². The molecule has 20 amide bonds. The zero-order chi connectivity index (χ0) is 108. The Labute approximate surface area is 843 Å². The lowest BCUT2D eigenvalue weighted by Crippen LogP contribution is -2.62. The van der Waals surface area contributed by atoms with E-state index in [0.717, 1.165) is 6.92 Å². The van der Waals surface area contributed by atoms with Gasteiger partial charge in [0.15, 0.2) is 0 Å². The monoisotopic (exact) mass is 2070 g/mol. The highest BCUT2D eigenvalue weighted by Crippen LogP contribution is 2.24. The van der Waals surface area contributed by atoms with Crippen molar-refractivity contribution in [3.05, 3.63) is 65.9 Å². The number of carboxylic acid groups (broad SMARTS) is 1. The molecule has 2 heterocycles. The molecule has 4 rings (SSSR count). The van der Waals surface area contributed by atoms with Gasteiger partial charge in [0.2, 0.25) is 118 Å². The molecule has 0 radical (unpaired) electrons. The minimum absolute atomic E-state index is 0.0144. The van der Waals surface area contributed by atoms with Gasteiger partial charge in [-0.3, -0.25) is 101 Å². The summed E-state index contributed by atoms with van der Waals surface area (Å²) in [4.78, 5) is 292. The number of para-hydroxylation sites is 1. The van der Waals surface area contributed by atoms with Crippen molar-refractivity contribution in [2.75, 3.05) is 63.7 Å². The predicted molar refractivity (Wildman–Crippen MR) is 528 cm³/mol. The molecule has 0 unspecified atom stereocenters. The van der Waals surface area contributed by atoms with Crippen molar-refractivity contribution in [1.29, 1.82) is 0 Å². The van der Waals surface area contributed by atoms with Crippen molar-refractivity contribution in [2.45, 2.75) is 275 Å². The number of aliphatic hydroxyl groups is 4. The molecular formula is C92H145N23O27S2. The zero-order valence-electron chi connectivity index (χ0n) is 83.1. The molecule has 1 aromatic heterocycles. The van der Waals surface area contributed by atoms with Gasteiger partial charge >= 0.3 is 5.97 Å². The number of amides is 20. The lowest BCUT2D eigenvalue weighted by atomic mass is 9.97. The molecule has 1 fully saturated rings. The Morgan fingerprint density at radius 2 is 0.938 bits per heavy atom. The Morgan fingerprint density at radius 1 is 0.486 bits per heavy atom. The number of H-pyrrole nitrogens is 1. The lowest BCUT2D eigenvalue weighted by Gasteiger charge is -2.31. The van der Waals surface area contributed by atoms with E-state index in [-0.39, 0.29) is 94.7 Å². The van der Waals surface area contributed by atoms with Crippen molar-refractivity contribution in [2.24, 2.45) is 40.9 Å². The van der Waals surface area contributed by atoms with Gasteiger partial charge in [0.05, 0.1) is 57.5 Å². The number of thiol groups is 1. The van der Waals surface area contributed by atoms with E-state index in [1.807, 2.05) is 0 Å². The summed E-state index contributed by atoms with van der Waals surface area (Å²) in [5, 5.41) is 107. The molecule has 1 aliphatic rings. The van der Waals surface area contributed by atoms with Crippen LogP contribution >= 0.6 is 24.4 Å². The van der Waals surface area contributed by atoms with Gasteiger partial charge in [-0.25, -0.2) is 0 Å². The molecule has 21 atom stereocenters. The second-order valence-electron chi connectivity index (χ2n) is 36.2.